The van der Waals surface area contributed by atoms with Crippen LogP contribution in [0.15, 0.2) is 47.2 Å². The fraction of sp³-hybridized carbons (Fsp3) is 0.0625. The van der Waals surface area contributed by atoms with Gasteiger partial charge in [0.25, 0.3) is 5.91 Å². The van der Waals surface area contributed by atoms with Gasteiger partial charge in [0.05, 0.1) is 14.9 Å². The van der Waals surface area contributed by atoms with Crippen LogP contribution in [0.4, 0.5) is 0 Å². The zero-order valence-corrected chi connectivity index (χ0v) is 15.5. The molecule has 0 aliphatic rings. The number of rotatable bonds is 4. The molecule has 0 bridgehead atoms. The van der Waals surface area contributed by atoms with E-state index in [2.05, 4.69) is 38.4 Å². The molecule has 0 saturated carbocycles. The van der Waals surface area contributed by atoms with Crippen LogP contribution in [0.5, 0.6) is 5.75 Å². The van der Waals surface area contributed by atoms with Crippen LogP contribution in [0.25, 0.3) is 10.9 Å². The Bertz CT molecular complexity index is 931. The van der Waals surface area contributed by atoms with Gasteiger partial charge < -0.3 is 9.15 Å². The highest BCUT2D eigenvalue weighted by atomic mass is 127. The van der Waals surface area contributed by atoms with E-state index in [-0.39, 0.29) is 12.4 Å². The third-order valence-corrected chi connectivity index (χ3v) is 4.27. The van der Waals surface area contributed by atoms with E-state index in [9.17, 15) is 9.59 Å². The lowest BCUT2D eigenvalue weighted by molar-refractivity contribution is -0.123. The molecule has 1 aromatic carbocycles. The van der Waals surface area contributed by atoms with Crippen molar-refractivity contribution in [3.8, 4) is 5.75 Å². The number of ether oxygens (including phenoxy) is 1. The lowest BCUT2D eigenvalue weighted by Gasteiger charge is -2.12. The third kappa shape index (κ3) is 4.02. The highest BCUT2D eigenvalue weighted by Crippen LogP contribution is 2.34. The maximum absolute atomic E-state index is 11.9. The van der Waals surface area contributed by atoms with Gasteiger partial charge in [0.2, 0.25) is 0 Å². The normalized spacial score (nSPS) is 10.5. The van der Waals surface area contributed by atoms with Crippen LogP contribution in [0, 0.1) is 3.57 Å². The van der Waals surface area contributed by atoms with Crippen LogP contribution in [0.3, 0.4) is 0 Å². The Morgan fingerprint density at radius 1 is 1.28 bits per heavy atom. The fourth-order valence-electron chi connectivity index (χ4n) is 2.05. The smallest absolute Gasteiger partial charge is 0.305 e. The SMILES string of the molecule is O=C(COc1c(I)cc(Cl)c2cccnc12)NNC(=O)c1ccco1. The summed E-state index contributed by atoms with van der Waals surface area (Å²) in [5.74, 6) is -0.557. The average Bonchev–Trinajstić information content (AvgIpc) is 3.14. The predicted molar refractivity (Wildman–Crippen MR) is 99.3 cm³/mol. The molecule has 7 nitrogen and oxygen atoms in total. The van der Waals surface area contributed by atoms with Gasteiger partial charge in [0.1, 0.15) is 5.52 Å². The van der Waals surface area contributed by atoms with Crippen LogP contribution >= 0.6 is 34.2 Å². The number of hydrazine groups is 1. The van der Waals surface area contributed by atoms with E-state index in [4.69, 9.17) is 20.8 Å². The molecular formula is C16H11ClIN3O4. The quantitative estimate of drug-likeness (QED) is 0.451. The number of amides is 2. The predicted octanol–water partition coefficient (Wildman–Crippen LogP) is 2.93. The van der Waals surface area contributed by atoms with E-state index in [1.165, 1.54) is 12.3 Å². The summed E-state index contributed by atoms with van der Waals surface area (Å²) < 4.78 is 11.2. The second kappa shape index (κ2) is 7.70. The van der Waals surface area contributed by atoms with Gasteiger partial charge in [0, 0.05) is 11.6 Å². The van der Waals surface area contributed by atoms with Crippen LogP contribution in [0.2, 0.25) is 5.02 Å². The van der Waals surface area contributed by atoms with Crippen LogP contribution in [0.1, 0.15) is 10.6 Å². The molecule has 0 saturated heterocycles. The highest BCUT2D eigenvalue weighted by molar-refractivity contribution is 14.1. The van der Waals surface area contributed by atoms with E-state index in [1.54, 1.807) is 24.4 Å². The van der Waals surface area contributed by atoms with Gasteiger partial charge in [-0.2, -0.15) is 0 Å². The first-order valence-corrected chi connectivity index (χ1v) is 8.50. The second-order valence-corrected chi connectivity index (χ2v) is 6.41. The molecule has 2 aromatic heterocycles. The van der Waals surface area contributed by atoms with Crippen LogP contribution in [-0.4, -0.2) is 23.4 Å². The molecule has 0 spiro atoms. The zero-order chi connectivity index (χ0) is 17.8. The van der Waals surface area contributed by atoms with E-state index < -0.39 is 11.8 Å². The summed E-state index contributed by atoms with van der Waals surface area (Å²) in [6, 6.07) is 8.36. The summed E-state index contributed by atoms with van der Waals surface area (Å²) >= 11 is 8.25. The monoisotopic (exact) mass is 471 g/mol. The molecule has 0 fully saturated rings. The van der Waals surface area contributed by atoms with Crippen LogP contribution in [-0.2, 0) is 4.79 Å². The van der Waals surface area contributed by atoms with Crippen molar-refractivity contribution in [1.82, 2.24) is 15.8 Å². The maximum Gasteiger partial charge on any atom is 0.305 e. The minimum atomic E-state index is -0.563. The van der Waals surface area contributed by atoms with Gasteiger partial charge in [-0.25, -0.2) is 0 Å². The van der Waals surface area contributed by atoms with Gasteiger partial charge in [-0.05, 0) is 52.9 Å². The number of nitrogens with zero attached hydrogens (tertiary/aromatic N) is 1. The van der Waals surface area contributed by atoms with Crippen molar-refractivity contribution < 1.29 is 18.7 Å². The maximum atomic E-state index is 11.9. The molecule has 0 atom stereocenters. The number of carbonyl (C=O) groups excluding carboxylic acids is 2. The zero-order valence-electron chi connectivity index (χ0n) is 12.6. The van der Waals surface area contributed by atoms with E-state index in [0.717, 1.165) is 8.96 Å². The number of fused-ring (bicyclic) bond motifs is 1. The molecule has 2 heterocycles. The number of nitrogens with one attached hydrogen (secondary N) is 2. The first-order valence-electron chi connectivity index (χ1n) is 7.04. The van der Waals surface area contributed by atoms with E-state index in [1.807, 2.05) is 6.07 Å². The number of aromatic nitrogens is 1. The molecule has 0 aliphatic carbocycles. The molecule has 0 aliphatic heterocycles. The Hall–Kier alpha value is -2.33. The summed E-state index contributed by atoms with van der Waals surface area (Å²) in [6.07, 6.45) is 2.98. The van der Waals surface area contributed by atoms with Crippen molar-refractivity contribution in [2.45, 2.75) is 0 Å². The molecule has 3 aromatic rings. The molecule has 3 rings (SSSR count). The largest absolute Gasteiger partial charge is 0.480 e. The highest BCUT2D eigenvalue weighted by Gasteiger charge is 2.14. The minimum Gasteiger partial charge on any atom is -0.480 e. The Labute approximate surface area is 160 Å². The lowest BCUT2D eigenvalue weighted by Crippen LogP contribution is -2.43. The van der Waals surface area contributed by atoms with Gasteiger partial charge in [0.15, 0.2) is 18.1 Å². The Balaban J connectivity index is 1.64. The second-order valence-electron chi connectivity index (χ2n) is 4.84. The first kappa shape index (κ1) is 17.5. The Morgan fingerprint density at radius 3 is 2.88 bits per heavy atom. The fourth-order valence-corrected chi connectivity index (χ4v) is 3.22. The number of carbonyl (C=O) groups is 2. The van der Waals surface area contributed by atoms with Crippen molar-refractivity contribution >= 4 is 56.9 Å². The minimum absolute atomic E-state index is 0.0867. The molecule has 128 valence electrons. The summed E-state index contributed by atoms with van der Waals surface area (Å²) in [5.41, 5.74) is 5.04. The number of furan rings is 1. The summed E-state index contributed by atoms with van der Waals surface area (Å²) in [6.45, 7) is -0.304. The number of benzene rings is 1. The summed E-state index contributed by atoms with van der Waals surface area (Å²) in [5, 5.41) is 1.28. The number of halogens is 2. The molecule has 9 heteroatoms. The molecule has 0 unspecified atom stereocenters. The van der Waals surface area contributed by atoms with Crippen molar-refractivity contribution in [2.24, 2.45) is 0 Å². The van der Waals surface area contributed by atoms with Crippen molar-refractivity contribution in [3.63, 3.8) is 0 Å². The summed E-state index contributed by atoms with van der Waals surface area (Å²) in [7, 11) is 0. The van der Waals surface area contributed by atoms with Gasteiger partial charge in [-0.1, -0.05) is 11.6 Å². The Morgan fingerprint density at radius 2 is 2.12 bits per heavy atom. The van der Waals surface area contributed by atoms with Crippen molar-refractivity contribution in [2.75, 3.05) is 6.61 Å². The van der Waals surface area contributed by atoms with Gasteiger partial charge in [-0.3, -0.25) is 25.4 Å². The third-order valence-electron chi connectivity index (χ3n) is 3.16. The van der Waals surface area contributed by atoms with Crippen molar-refractivity contribution in [1.29, 1.82) is 0 Å². The van der Waals surface area contributed by atoms with E-state index in [0.29, 0.717) is 16.3 Å². The summed E-state index contributed by atoms with van der Waals surface area (Å²) in [4.78, 5) is 27.8. The molecule has 0 radical (unpaired) electrons. The molecule has 2 amide bonds. The number of hydrogen-bond donors (Lipinski definition) is 2. The van der Waals surface area contributed by atoms with Crippen LogP contribution < -0.4 is 15.6 Å². The number of hydrogen-bond acceptors (Lipinski definition) is 5. The molecule has 2 N–H and O–H groups in total. The average molecular weight is 472 g/mol. The van der Waals surface area contributed by atoms with Crippen molar-refractivity contribution in [3.05, 3.63) is 57.1 Å². The standard InChI is InChI=1S/C16H11ClIN3O4/c17-10-7-11(18)15(14-9(10)3-1-5-19-14)25-8-13(22)20-21-16(23)12-4-2-6-24-12/h1-7H,8H2,(H,20,22)(H,21,23). The molecule has 25 heavy (non-hydrogen) atoms. The molecular weight excluding hydrogens is 461 g/mol. The van der Waals surface area contributed by atoms with Gasteiger partial charge >= 0.3 is 5.91 Å². The first-order chi connectivity index (χ1) is 12.1. The Kier molecular flexibility index (Phi) is 5.39. The number of pyridine rings is 1. The van der Waals surface area contributed by atoms with Gasteiger partial charge in [-0.15, -0.1) is 0 Å². The topological polar surface area (TPSA) is 93.5 Å². The van der Waals surface area contributed by atoms with E-state index >= 15 is 0 Å². The lowest BCUT2D eigenvalue weighted by atomic mass is 10.2.